The summed E-state index contributed by atoms with van der Waals surface area (Å²) < 4.78 is 23.8. The maximum absolute atomic E-state index is 11.9. The van der Waals surface area contributed by atoms with Crippen molar-refractivity contribution in [2.24, 2.45) is 0 Å². The monoisotopic (exact) mass is 251 g/mol. The Bertz CT molecular complexity index is 156. The van der Waals surface area contributed by atoms with Crippen molar-refractivity contribution in [3.05, 3.63) is 0 Å². The maximum Gasteiger partial charge on any atom is 0.265 e. The first-order chi connectivity index (χ1) is 8.18. The lowest BCUT2D eigenvalue weighted by molar-refractivity contribution is -0.00317. The lowest BCUT2D eigenvalue weighted by Gasteiger charge is -2.10. The van der Waals surface area contributed by atoms with Crippen LogP contribution in [0.4, 0.5) is 8.78 Å². The highest BCUT2D eigenvalue weighted by atomic mass is 19.3. The standard InChI is InChI=1S/C13H27F2NO/c1-2-3-4-5-6-7-8-9-10-16-11-12(17)13(14)15/h12-13,16-17H,2-11H2,1H3. The van der Waals surface area contributed by atoms with Crippen LogP contribution in [0.15, 0.2) is 0 Å². The molecule has 0 aliphatic heterocycles. The average molecular weight is 251 g/mol. The van der Waals surface area contributed by atoms with Gasteiger partial charge >= 0.3 is 0 Å². The highest BCUT2D eigenvalue weighted by molar-refractivity contribution is 4.61. The Morgan fingerprint density at radius 3 is 2.00 bits per heavy atom. The molecule has 0 amide bonds. The van der Waals surface area contributed by atoms with Crippen molar-refractivity contribution >= 4 is 0 Å². The minimum atomic E-state index is -2.64. The molecule has 2 nitrogen and oxygen atoms in total. The summed E-state index contributed by atoms with van der Waals surface area (Å²) in [6.45, 7) is 2.92. The van der Waals surface area contributed by atoms with E-state index < -0.39 is 12.5 Å². The van der Waals surface area contributed by atoms with Gasteiger partial charge in [0.1, 0.15) is 6.10 Å². The Hall–Kier alpha value is -0.220. The fourth-order valence-corrected chi connectivity index (χ4v) is 1.72. The minimum Gasteiger partial charge on any atom is -0.386 e. The largest absolute Gasteiger partial charge is 0.386 e. The van der Waals surface area contributed by atoms with Crippen molar-refractivity contribution in [1.29, 1.82) is 0 Å². The predicted molar refractivity (Wildman–Crippen MR) is 67.5 cm³/mol. The predicted octanol–water partition coefficient (Wildman–Crippen LogP) is 3.34. The lowest BCUT2D eigenvalue weighted by atomic mass is 10.1. The van der Waals surface area contributed by atoms with Crippen LogP contribution in [0.3, 0.4) is 0 Å². The van der Waals surface area contributed by atoms with Gasteiger partial charge in [0.2, 0.25) is 0 Å². The molecule has 0 radical (unpaired) electrons. The highest BCUT2D eigenvalue weighted by Gasteiger charge is 2.15. The van der Waals surface area contributed by atoms with E-state index in [9.17, 15) is 8.78 Å². The fourth-order valence-electron chi connectivity index (χ4n) is 1.72. The van der Waals surface area contributed by atoms with Gasteiger partial charge in [-0.15, -0.1) is 0 Å². The third kappa shape index (κ3) is 12.0. The molecule has 0 spiro atoms. The van der Waals surface area contributed by atoms with Gasteiger partial charge in [0.25, 0.3) is 6.43 Å². The minimum absolute atomic E-state index is 0.00579. The third-order valence-electron chi connectivity index (χ3n) is 2.85. The molecule has 0 saturated heterocycles. The zero-order chi connectivity index (χ0) is 12.9. The molecule has 104 valence electrons. The van der Waals surface area contributed by atoms with E-state index in [2.05, 4.69) is 12.2 Å². The molecule has 0 fully saturated rings. The normalized spacial score (nSPS) is 13.2. The Balaban J connectivity index is 3.03. The van der Waals surface area contributed by atoms with Crippen molar-refractivity contribution in [2.45, 2.75) is 70.8 Å². The summed E-state index contributed by atoms with van der Waals surface area (Å²) in [7, 11) is 0. The quantitative estimate of drug-likeness (QED) is 0.521. The van der Waals surface area contributed by atoms with Gasteiger partial charge in [-0.05, 0) is 13.0 Å². The van der Waals surface area contributed by atoms with E-state index in [0.29, 0.717) is 0 Å². The van der Waals surface area contributed by atoms with Crippen molar-refractivity contribution in [3.63, 3.8) is 0 Å². The summed E-state index contributed by atoms with van der Waals surface area (Å²) in [5.74, 6) is 0. The van der Waals surface area contributed by atoms with Crippen molar-refractivity contribution in [1.82, 2.24) is 5.32 Å². The Kier molecular flexibility index (Phi) is 12.1. The van der Waals surface area contributed by atoms with Crippen LogP contribution in [0.1, 0.15) is 58.3 Å². The molecule has 0 aromatic heterocycles. The Morgan fingerprint density at radius 2 is 1.47 bits per heavy atom. The van der Waals surface area contributed by atoms with Crippen molar-refractivity contribution in [2.75, 3.05) is 13.1 Å². The SMILES string of the molecule is CCCCCCCCCCNCC(O)C(F)F. The summed E-state index contributed by atoms with van der Waals surface area (Å²) in [6, 6.07) is 0. The van der Waals surface area contributed by atoms with Crippen LogP contribution in [-0.4, -0.2) is 30.7 Å². The molecule has 4 heteroatoms. The van der Waals surface area contributed by atoms with Gasteiger partial charge in [-0.2, -0.15) is 0 Å². The third-order valence-corrected chi connectivity index (χ3v) is 2.85. The number of aliphatic hydroxyl groups is 1. The molecule has 1 atom stereocenters. The van der Waals surface area contributed by atoms with E-state index in [1.54, 1.807) is 0 Å². The Morgan fingerprint density at radius 1 is 0.941 bits per heavy atom. The summed E-state index contributed by atoms with van der Waals surface area (Å²) >= 11 is 0. The molecule has 0 heterocycles. The number of alkyl halides is 2. The molecule has 0 aliphatic rings. The second-order valence-corrected chi connectivity index (χ2v) is 4.58. The van der Waals surface area contributed by atoms with Crippen LogP contribution in [-0.2, 0) is 0 Å². The van der Waals surface area contributed by atoms with Gasteiger partial charge in [0, 0.05) is 6.54 Å². The van der Waals surface area contributed by atoms with E-state index in [4.69, 9.17) is 5.11 Å². The lowest BCUT2D eigenvalue weighted by Crippen LogP contribution is -2.32. The van der Waals surface area contributed by atoms with Crippen molar-refractivity contribution in [3.8, 4) is 0 Å². The highest BCUT2D eigenvalue weighted by Crippen LogP contribution is 2.07. The zero-order valence-corrected chi connectivity index (χ0v) is 10.9. The molecular formula is C13H27F2NO. The van der Waals surface area contributed by atoms with Crippen LogP contribution < -0.4 is 5.32 Å². The number of nitrogens with one attached hydrogen (secondary N) is 1. The first-order valence-corrected chi connectivity index (χ1v) is 6.85. The van der Waals surface area contributed by atoms with Gasteiger partial charge in [-0.3, -0.25) is 0 Å². The first-order valence-electron chi connectivity index (χ1n) is 6.85. The second kappa shape index (κ2) is 12.2. The van der Waals surface area contributed by atoms with Gasteiger partial charge in [0.15, 0.2) is 0 Å². The zero-order valence-electron chi connectivity index (χ0n) is 10.9. The summed E-state index contributed by atoms with van der Waals surface area (Å²) in [4.78, 5) is 0. The maximum atomic E-state index is 11.9. The number of halogens is 2. The van der Waals surface area contributed by atoms with Gasteiger partial charge in [-0.25, -0.2) is 8.78 Å². The molecule has 0 saturated carbocycles. The topological polar surface area (TPSA) is 32.3 Å². The smallest absolute Gasteiger partial charge is 0.265 e. The van der Waals surface area contributed by atoms with E-state index >= 15 is 0 Å². The summed E-state index contributed by atoms with van der Waals surface area (Å²) in [5.41, 5.74) is 0. The molecule has 0 aromatic rings. The number of hydrogen-bond acceptors (Lipinski definition) is 2. The molecule has 0 bridgehead atoms. The van der Waals surface area contributed by atoms with E-state index in [1.807, 2.05) is 0 Å². The molecule has 2 N–H and O–H groups in total. The average Bonchev–Trinajstić information content (AvgIpc) is 2.31. The second-order valence-electron chi connectivity index (χ2n) is 4.58. The molecule has 0 rings (SSSR count). The van der Waals surface area contributed by atoms with Gasteiger partial charge in [-0.1, -0.05) is 51.9 Å². The first kappa shape index (κ1) is 16.8. The molecular weight excluding hydrogens is 224 g/mol. The van der Waals surface area contributed by atoms with Crippen LogP contribution in [0.25, 0.3) is 0 Å². The van der Waals surface area contributed by atoms with Crippen LogP contribution in [0, 0.1) is 0 Å². The van der Waals surface area contributed by atoms with E-state index in [1.165, 1.54) is 38.5 Å². The van der Waals surface area contributed by atoms with Crippen LogP contribution in [0.2, 0.25) is 0 Å². The number of rotatable bonds is 12. The summed E-state index contributed by atoms with van der Waals surface area (Å²) in [5, 5.41) is 11.7. The van der Waals surface area contributed by atoms with Crippen molar-refractivity contribution < 1.29 is 13.9 Å². The Labute approximate surface area is 104 Å². The molecule has 17 heavy (non-hydrogen) atoms. The van der Waals surface area contributed by atoms with Gasteiger partial charge in [0.05, 0.1) is 0 Å². The van der Waals surface area contributed by atoms with E-state index in [0.717, 1.165) is 19.4 Å². The molecule has 0 aromatic carbocycles. The summed E-state index contributed by atoms with van der Waals surface area (Å²) in [6.07, 6.45) is 5.73. The van der Waals surface area contributed by atoms with Crippen LogP contribution in [0.5, 0.6) is 0 Å². The molecule has 0 aliphatic carbocycles. The van der Waals surface area contributed by atoms with Crippen LogP contribution >= 0.6 is 0 Å². The molecule has 1 unspecified atom stereocenters. The fraction of sp³-hybridized carbons (Fsp3) is 1.00. The number of hydrogen-bond donors (Lipinski definition) is 2. The number of unbranched alkanes of at least 4 members (excludes halogenated alkanes) is 7. The van der Waals surface area contributed by atoms with E-state index in [-0.39, 0.29) is 6.54 Å². The number of aliphatic hydroxyl groups excluding tert-OH is 1. The van der Waals surface area contributed by atoms with Gasteiger partial charge < -0.3 is 10.4 Å².